The quantitative estimate of drug-likeness (QED) is 0.586. The Morgan fingerprint density at radius 3 is 2.71 bits per heavy atom. The minimum Gasteiger partial charge on any atom is -0.481 e. The van der Waals surface area contributed by atoms with Crippen LogP contribution in [0.3, 0.4) is 0 Å². The lowest BCUT2D eigenvalue weighted by Gasteiger charge is -2.34. The van der Waals surface area contributed by atoms with Gasteiger partial charge >= 0.3 is 5.97 Å². The number of carboxylic acid groups (broad SMARTS) is 1. The van der Waals surface area contributed by atoms with Crippen LogP contribution in [0.4, 0.5) is 0 Å². The molecule has 1 aliphatic heterocycles. The van der Waals surface area contributed by atoms with Crippen LogP contribution in [-0.2, 0) is 4.79 Å². The summed E-state index contributed by atoms with van der Waals surface area (Å²) in [5, 5.41) is 11.1. The molecule has 4 N–H and O–H groups in total. The molecule has 0 radical (unpaired) electrons. The number of hydrazine groups is 3. The van der Waals surface area contributed by atoms with Crippen molar-refractivity contribution in [3.8, 4) is 0 Å². The van der Waals surface area contributed by atoms with E-state index >= 15 is 0 Å². The topological polar surface area (TPSA) is 76.6 Å². The van der Waals surface area contributed by atoms with E-state index in [9.17, 15) is 4.79 Å². The van der Waals surface area contributed by atoms with Crippen molar-refractivity contribution in [1.29, 1.82) is 0 Å². The third-order valence-electron chi connectivity index (χ3n) is 3.40. The molecule has 98 valence electrons. The third kappa shape index (κ3) is 3.11. The summed E-state index contributed by atoms with van der Waals surface area (Å²) < 4.78 is 0. The maximum absolute atomic E-state index is 10.9. The predicted molar refractivity (Wildman–Crippen MR) is 66.5 cm³/mol. The van der Waals surface area contributed by atoms with Crippen molar-refractivity contribution >= 4 is 17.7 Å². The Morgan fingerprint density at radius 1 is 1.41 bits per heavy atom. The summed E-state index contributed by atoms with van der Waals surface area (Å²) in [6, 6.07) is 0.414. The number of carbonyl (C=O) groups is 1. The molecule has 2 fully saturated rings. The highest BCUT2D eigenvalue weighted by Crippen LogP contribution is 2.29. The summed E-state index contributed by atoms with van der Waals surface area (Å²) in [5.41, 5.74) is 9.41. The van der Waals surface area contributed by atoms with Gasteiger partial charge in [0.05, 0.1) is 5.92 Å². The van der Waals surface area contributed by atoms with E-state index in [0.29, 0.717) is 6.04 Å². The van der Waals surface area contributed by atoms with Gasteiger partial charge in [-0.1, -0.05) is 6.92 Å². The molecule has 0 spiro atoms. The fraction of sp³-hybridized carbons (Fsp3) is 0.900. The molecule has 1 heterocycles. The zero-order valence-electron chi connectivity index (χ0n) is 9.98. The van der Waals surface area contributed by atoms with E-state index in [1.54, 1.807) is 0 Å². The first-order chi connectivity index (χ1) is 8.22. The van der Waals surface area contributed by atoms with Gasteiger partial charge in [-0.05, 0) is 31.4 Å². The fourth-order valence-corrected chi connectivity index (χ4v) is 3.29. The van der Waals surface area contributed by atoms with E-state index in [2.05, 4.69) is 28.4 Å². The highest BCUT2D eigenvalue weighted by molar-refractivity contribution is 7.99. The van der Waals surface area contributed by atoms with Gasteiger partial charge in [0, 0.05) is 6.04 Å². The van der Waals surface area contributed by atoms with Gasteiger partial charge in [0.15, 0.2) is 0 Å². The largest absolute Gasteiger partial charge is 0.481 e. The first-order valence-electron chi connectivity index (χ1n) is 6.11. The Morgan fingerprint density at radius 2 is 2.12 bits per heavy atom. The van der Waals surface area contributed by atoms with E-state index < -0.39 is 5.97 Å². The van der Waals surface area contributed by atoms with Crippen LogP contribution in [0.15, 0.2) is 0 Å². The summed E-state index contributed by atoms with van der Waals surface area (Å²) in [6.07, 6.45) is 3.44. The number of hydrogen-bond donors (Lipinski definition) is 4. The summed E-state index contributed by atoms with van der Waals surface area (Å²) in [7, 11) is 0. The molecule has 2 aliphatic rings. The Bertz CT molecular complexity index is 271. The molecule has 17 heavy (non-hydrogen) atoms. The van der Waals surface area contributed by atoms with Crippen molar-refractivity contribution in [1.82, 2.24) is 21.5 Å². The van der Waals surface area contributed by atoms with Crippen LogP contribution >= 0.6 is 11.8 Å². The number of hydrogen-bond acceptors (Lipinski definition) is 6. The molecular formula is C10H20N4O2S. The van der Waals surface area contributed by atoms with E-state index in [1.165, 1.54) is 0 Å². The van der Waals surface area contributed by atoms with E-state index in [1.807, 2.05) is 11.8 Å². The fourth-order valence-electron chi connectivity index (χ4n) is 2.45. The van der Waals surface area contributed by atoms with Crippen molar-refractivity contribution in [3.05, 3.63) is 0 Å². The number of thioether (sulfide) groups is 1. The summed E-state index contributed by atoms with van der Waals surface area (Å²) in [5.74, 6) is 0.253. The van der Waals surface area contributed by atoms with Gasteiger partial charge in [0.2, 0.25) is 0 Å². The van der Waals surface area contributed by atoms with E-state index in [-0.39, 0.29) is 11.4 Å². The van der Waals surface area contributed by atoms with Crippen LogP contribution < -0.4 is 16.5 Å². The molecule has 0 bridgehead atoms. The average molecular weight is 260 g/mol. The lowest BCUT2D eigenvalue weighted by Crippen LogP contribution is -2.48. The second kappa shape index (κ2) is 6.01. The molecule has 0 aromatic heterocycles. The number of aliphatic carboxylic acids is 1. The molecule has 1 unspecified atom stereocenters. The molecule has 7 heteroatoms. The van der Waals surface area contributed by atoms with Crippen molar-refractivity contribution in [3.63, 3.8) is 0 Å². The normalized spacial score (nSPS) is 35.0. The monoisotopic (exact) mass is 260 g/mol. The van der Waals surface area contributed by atoms with E-state index in [0.717, 1.165) is 31.4 Å². The van der Waals surface area contributed by atoms with Gasteiger partial charge in [0.25, 0.3) is 0 Å². The summed E-state index contributed by atoms with van der Waals surface area (Å²) in [6.45, 7) is 2.13. The summed E-state index contributed by atoms with van der Waals surface area (Å²) in [4.78, 5) is 10.9. The third-order valence-corrected chi connectivity index (χ3v) is 4.39. The van der Waals surface area contributed by atoms with Crippen molar-refractivity contribution < 1.29 is 9.90 Å². The van der Waals surface area contributed by atoms with Crippen LogP contribution in [0.1, 0.15) is 32.6 Å². The SMILES string of the molecule is CCSC1NNNN1C1CCC(C(=O)O)CC1. The maximum Gasteiger partial charge on any atom is 0.306 e. The highest BCUT2D eigenvalue weighted by atomic mass is 32.2. The van der Waals surface area contributed by atoms with Crippen molar-refractivity contribution in [2.24, 2.45) is 5.92 Å². The molecule has 0 aromatic rings. The lowest BCUT2D eigenvalue weighted by molar-refractivity contribution is -0.143. The summed E-state index contributed by atoms with van der Waals surface area (Å²) >= 11 is 1.82. The van der Waals surface area contributed by atoms with Crippen molar-refractivity contribution in [2.45, 2.75) is 44.1 Å². The number of nitrogens with zero attached hydrogens (tertiary/aromatic N) is 1. The second-order valence-electron chi connectivity index (χ2n) is 4.44. The number of nitrogens with one attached hydrogen (secondary N) is 3. The standard InChI is InChI=1S/C10H20N4O2S/c1-2-17-10-11-12-13-14(10)8-5-3-7(4-6-8)9(15)16/h7-8,10-13H,2-6H2,1H3,(H,15,16). The molecule has 1 saturated carbocycles. The molecule has 1 saturated heterocycles. The molecule has 0 amide bonds. The molecule has 1 aliphatic carbocycles. The Labute approximate surface area is 105 Å². The van der Waals surface area contributed by atoms with E-state index in [4.69, 9.17) is 5.11 Å². The second-order valence-corrected chi connectivity index (χ2v) is 5.80. The van der Waals surface area contributed by atoms with Crippen LogP contribution in [0.5, 0.6) is 0 Å². The van der Waals surface area contributed by atoms with Gasteiger partial charge in [-0.25, -0.2) is 5.43 Å². The van der Waals surface area contributed by atoms with Gasteiger partial charge in [0.1, 0.15) is 5.50 Å². The average Bonchev–Trinajstić information content (AvgIpc) is 2.78. The smallest absolute Gasteiger partial charge is 0.306 e. The first kappa shape index (κ1) is 13.1. The Balaban J connectivity index is 1.85. The molecule has 2 rings (SSSR count). The van der Waals surface area contributed by atoms with Crippen LogP contribution in [0.2, 0.25) is 0 Å². The number of carboxylic acids is 1. The molecule has 1 atom stereocenters. The minimum atomic E-state index is -0.645. The van der Waals surface area contributed by atoms with Crippen LogP contribution in [-0.4, -0.2) is 33.4 Å². The maximum atomic E-state index is 10.9. The predicted octanol–water partition coefficient (Wildman–Crippen LogP) is 0.496. The lowest BCUT2D eigenvalue weighted by atomic mass is 9.86. The first-order valence-corrected chi connectivity index (χ1v) is 7.16. The Kier molecular flexibility index (Phi) is 4.63. The van der Waals surface area contributed by atoms with Gasteiger partial charge in [-0.15, -0.1) is 11.8 Å². The minimum absolute atomic E-state index is 0.146. The van der Waals surface area contributed by atoms with Crippen LogP contribution in [0.25, 0.3) is 0 Å². The van der Waals surface area contributed by atoms with Crippen LogP contribution in [0, 0.1) is 5.92 Å². The zero-order chi connectivity index (χ0) is 12.3. The van der Waals surface area contributed by atoms with Gasteiger partial charge in [-0.3, -0.25) is 4.79 Å². The Hall–Kier alpha value is -0.340. The molecule has 0 aromatic carbocycles. The molecular weight excluding hydrogens is 240 g/mol. The number of rotatable bonds is 4. The highest BCUT2D eigenvalue weighted by Gasteiger charge is 2.34. The van der Waals surface area contributed by atoms with Crippen molar-refractivity contribution in [2.75, 3.05) is 5.75 Å². The van der Waals surface area contributed by atoms with Gasteiger partial charge in [-0.2, -0.15) is 16.1 Å². The van der Waals surface area contributed by atoms with Gasteiger partial charge < -0.3 is 5.11 Å². The zero-order valence-corrected chi connectivity index (χ0v) is 10.8. The molecule has 6 nitrogen and oxygen atoms in total.